The molecule has 116 valence electrons. The molecular formula is C17H18O5. The van der Waals surface area contributed by atoms with Gasteiger partial charge in [0.15, 0.2) is 0 Å². The summed E-state index contributed by atoms with van der Waals surface area (Å²) >= 11 is 0. The molecule has 0 bridgehead atoms. The second-order valence-electron chi connectivity index (χ2n) is 4.49. The molecule has 5 nitrogen and oxygen atoms in total. The van der Waals surface area contributed by atoms with Crippen molar-refractivity contribution in [3.8, 4) is 5.75 Å². The first-order chi connectivity index (χ1) is 10.6. The van der Waals surface area contributed by atoms with E-state index in [9.17, 15) is 9.59 Å². The quantitative estimate of drug-likeness (QED) is 0.794. The highest BCUT2D eigenvalue weighted by Crippen LogP contribution is 2.32. The average molecular weight is 302 g/mol. The maximum absolute atomic E-state index is 12.3. The topological polar surface area (TPSA) is 61.8 Å². The van der Waals surface area contributed by atoms with E-state index in [2.05, 4.69) is 0 Å². The number of fused-ring (bicyclic) bond motifs is 1. The van der Waals surface area contributed by atoms with Crippen LogP contribution in [0.25, 0.3) is 10.8 Å². The summed E-state index contributed by atoms with van der Waals surface area (Å²) in [6.07, 6.45) is 0. The van der Waals surface area contributed by atoms with E-state index in [1.165, 1.54) is 13.2 Å². The molecule has 0 radical (unpaired) electrons. The zero-order valence-electron chi connectivity index (χ0n) is 12.8. The van der Waals surface area contributed by atoms with Crippen LogP contribution in [0.5, 0.6) is 5.75 Å². The molecule has 0 fully saturated rings. The summed E-state index contributed by atoms with van der Waals surface area (Å²) in [7, 11) is 1.51. The molecule has 0 atom stereocenters. The molecule has 0 saturated carbocycles. The van der Waals surface area contributed by atoms with Crippen molar-refractivity contribution in [3.05, 3.63) is 41.5 Å². The van der Waals surface area contributed by atoms with Gasteiger partial charge >= 0.3 is 11.9 Å². The van der Waals surface area contributed by atoms with Crippen LogP contribution in [0.15, 0.2) is 30.3 Å². The Balaban J connectivity index is 2.77. The summed E-state index contributed by atoms with van der Waals surface area (Å²) in [5.74, 6) is -0.620. The van der Waals surface area contributed by atoms with Crippen molar-refractivity contribution in [2.24, 2.45) is 0 Å². The molecule has 0 N–H and O–H groups in total. The molecule has 2 aromatic rings. The predicted molar refractivity (Wildman–Crippen MR) is 82.4 cm³/mol. The van der Waals surface area contributed by atoms with E-state index in [-0.39, 0.29) is 24.3 Å². The van der Waals surface area contributed by atoms with Gasteiger partial charge in [-0.1, -0.05) is 24.3 Å². The molecule has 0 unspecified atom stereocenters. The molecule has 0 spiro atoms. The van der Waals surface area contributed by atoms with Crippen LogP contribution in [0.3, 0.4) is 0 Å². The summed E-state index contributed by atoms with van der Waals surface area (Å²) in [5.41, 5.74) is 0.354. The van der Waals surface area contributed by atoms with Crippen molar-refractivity contribution in [3.63, 3.8) is 0 Å². The number of benzene rings is 2. The van der Waals surface area contributed by atoms with Gasteiger partial charge in [-0.15, -0.1) is 0 Å². The van der Waals surface area contributed by atoms with Crippen molar-refractivity contribution in [1.29, 1.82) is 0 Å². The van der Waals surface area contributed by atoms with Crippen molar-refractivity contribution in [2.45, 2.75) is 13.8 Å². The first-order valence-electron chi connectivity index (χ1n) is 7.08. The normalized spacial score (nSPS) is 10.3. The van der Waals surface area contributed by atoms with Crippen LogP contribution in [0.2, 0.25) is 0 Å². The monoisotopic (exact) mass is 302 g/mol. The van der Waals surface area contributed by atoms with E-state index < -0.39 is 11.9 Å². The number of methoxy groups -OCH3 is 1. The molecule has 0 aliphatic heterocycles. The van der Waals surface area contributed by atoms with Crippen molar-refractivity contribution in [2.75, 3.05) is 20.3 Å². The van der Waals surface area contributed by atoms with Crippen molar-refractivity contribution >= 4 is 22.7 Å². The lowest BCUT2D eigenvalue weighted by Gasteiger charge is -2.14. The van der Waals surface area contributed by atoms with Gasteiger partial charge in [0.05, 0.1) is 31.5 Å². The van der Waals surface area contributed by atoms with E-state index in [4.69, 9.17) is 14.2 Å². The average Bonchev–Trinajstić information content (AvgIpc) is 2.53. The Morgan fingerprint density at radius 3 is 2.14 bits per heavy atom. The first kappa shape index (κ1) is 15.8. The third-order valence-corrected chi connectivity index (χ3v) is 3.20. The Hall–Kier alpha value is -2.56. The fraction of sp³-hybridized carbons (Fsp3) is 0.294. The number of hydrogen-bond donors (Lipinski definition) is 0. The SMILES string of the molecule is CCOC(=O)c1cc(OC)c2ccccc2c1C(=O)OCC. The largest absolute Gasteiger partial charge is 0.496 e. The summed E-state index contributed by atoms with van der Waals surface area (Å²) in [4.78, 5) is 24.5. The van der Waals surface area contributed by atoms with Crippen LogP contribution in [-0.4, -0.2) is 32.3 Å². The molecule has 0 aromatic heterocycles. The standard InChI is InChI=1S/C17H18O5/c1-4-21-16(18)13-10-14(20-3)11-8-6-7-9-12(11)15(13)17(19)22-5-2/h6-10H,4-5H2,1-3H3. The molecule has 22 heavy (non-hydrogen) atoms. The lowest BCUT2D eigenvalue weighted by Crippen LogP contribution is -2.15. The molecule has 2 rings (SSSR count). The van der Waals surface area contributed by atoms with Gasteiger partial charge in [0, 0.05) is 10.8 Å². The lowest BCUT2D eigenvalue weighted by molar-refractivity contribution is 0.0480. The van der Waals surface area contributed by atoms with Crippen molar-refractivity contribution in [1.82, 2.24) is 0 Å². The smallest absolute Gasteiger partial charge is 0.339 e. The van der Waals surface area contributed by atoms with Crippen LogP contribution in [0.1, 0.15) is 34.6 Å². The van der Waals surface area contributed by atoms with Crippen LogP contribution in [0, 0.1) is 0 Å². The van der Waals surface area contributed by atoms with E-state index in [0.29, 0.717) is 11.1 Å². The van der Waals surface area contributed by atoms with Crippen molar-refractivity contribution < 1.29 is 23.8 Å². The molecule has 5 heteroatoms. The van der Waals surface area contributed by atoms with Gasteiger partial charge in [0.1, 0.15) is 5.75 Å². The number of rotatable bonds is 5. The molecule has 0 saturated heterocycles. The first-order valence-corrected chi connectivity index (χ1v) is 7.08. The number of ether oxygens (including phenoxy) is 3. The maximum atomic E-state index is 12.3. The number of carbonyl (C=O) groups is 2. The molecule has 0 amide bonds. The number of esters is 2. The third kappa shape index (κ3) is 2.88. The van der Waals surface area contributed by atoms with Gasteiger partial charge in [-0.05, 0) is 19.9 Å². The minimum absolute atomic E-state index is 0.149. The minimum Gasteiger partial charge on any atom is -0.496 e. The Bertz CT molecular complexity index is 706. The van der Waals surface area contributed by atoms with Gasteiger partial charge in [-0.3, -0.25) is 0 Å². The Labute approximate surface area is 128 Å². The van der Waals surface area contributed by atoms with Gasteiger partial charge in [-0.2, -0.15) is 0 Å². The summed E-state index contributed by atoms with van der Waals surface area (Å²) < 4.78 is 15.5. The molecule has 0 aliphatic carbocycles. The van der Waals surface area contributed by atoms with E-state index >= 15 is 0 Å². The van der Waals surface area contributed by atoms with Gasteiger partial charge < -0.3 is 14.2 Å². The second-order valence-corrected chi connectivity index (χ2v) is 4.49. The third-order valence-electron chi connectivity index (χ3n) is 3.20. The van der Waals surface area contributed by atoms with Gasteiger partial charge in [0.2, 0.25) is 0 Å². The Morgan fingerprint density at radius 2 is 1.55 bits per heavy atom. The fourth-order valence-electron chi connectivity index (χ4n) is 2.30. The highest BCUT2D eigenvalue weighted by Gasteiger charge is 2.24. The second kappa shape index (κ2) is 6.93. The highest BCUT2D eigenvalue weighted by atomic mass is 16.5. The summed E-state index contributed by atoms with van der Waals surface area (Å²) in [6, 6.07) is 8.73. The Kier molecular flexibility index (Phi) is 4.99. The fourth-order valence-corrected chi connectivity index (χ4v) is 2.30. The van der Waals surface area contributed by atoms with Crippen LogP contribution in [-0.2, 0) is 9.47 Å². The molecular weight excluding hydrogens is 284 g/mol. The number of hydrogen-bond acceptors (Lipinski definition) is 5. The highest BCUT2D eigenvalue weighted by molar-refractivity contribution is 6.14. The molecule has 0 heterocycles. The minimum atomic E-state index is -0.574. The predicted octanol–water partition coefficient (Wildman–Crippen LogP) is 3.20. The zero-order chi connectivity index (χ0) is 16.1. The molecule has 0 aliphatic rings. The van der Waals surface area contributed by atoms with Gasteiger partial charge in [-0.25, -0.2) is 9.59 Å². The van der Waals surface area contributed by atoms with E-state index in [1.807, 2.05) is 12.1 Å². The van der Waals surface area contributed by atoms with E-state index in [1.54, 1.807) is 26.0 Å². The maximum Gasteiger partial charge on any atom is 0.339 e. The van der Waals surface area contributed by atoms with E-state index in [0.717, 1.165) is 5.39 Å². The molecule has 2 aromatic carbocycles. The van der Waals surface area contributed by atoms with Crippen LogP contribution < -0.4 is 4.74 Å². The Morgan fingerprint density at radius 1 is 0.955 bits per heavy atom. The van der Waals surface area contributed by atoms with Crippen LogP contribution >= 0.6 is 0 Å². The lowest BCUT2D eigenvalue weighted by atomic mass is 9.98. The summed E-state index contributed by atoms with van der Waals surface area (Å²) in [6.45, 7) is 3.87. The summed E-state index contributed by atoms with van der Waals surface area (Å²) in [5, 5.41) is 1.34. The van der Waals surface area contributed by atoms with Gasteiger partial charge in [0.25, 0.3) is 0 Å². The zero-order valence-corrected chi connectivity index (χ0v) is 12.8. The van der Waals surface area contributed by atoms with Crippen LogP contribution in [0.4, 0.5) is 0 Å². The number of carbonyl (C=O) groups excluding carboxylic acids is 2.